The molecule has 0 aliphatic heterocycles. The van der Waals surface area contributed by atoms with Crippen molar-refractivity contribution >= 4 is 34.8 Å². The quantitative estimate of drug-likeness (QED) is 0.752. The molecule has 2 rings (SSSR count). The van der Waals surface area contributed by atoms with E-state index in [9.17, 15) is 9.59 Å². The first-order valence-corrected chi connectivity index (χ1v) is 8.08. The fraction of sp³-hybridized carbons (Fsp3) is 0.222. The van der Waals surface area contributed by atoms with Gasteiger partial charge in [0.2, 0.25) is 5.91 Å². The van der Waals surface area contributed by atoms with Gasteiger partial charge in [0, 0.05) is 28.9 Å². The fourth-order valence-electron chi connectivity index (χ4n) is 2.24. The van der Waals surface area contributed by atoms with Gasteiger partial charge in [0.15, 0.2) is 6.54 Å². The van der Waals surface area contributed by atoms with Gasteiger partial charge in [0.05, 0.1) is 0 Å². The molecule has 24 heavy (non-hydrogen) atoms. The average molecular weight is 347 g/mol. The van der Waals surface area contributed by atoms with E-state index in [2.05, 4.69) is 10.6 Å². The van der Waals surface area contributed by atoms with Crippen molar-refractivity contribution in [1.29, 1.82) is 0 Å². The van der Waals surface area contributed by atoms with Crippen molar-refractivity contribution in [2.45, 2.75) is 19.9 Å². The highest BCUT2D eigenvalue weighted by molar-refractivity contribution is 6.30. The maximum absolute atomic E-state index is 12.0. The van der Waals surface area contributed by atoms with E-state index >= 15 is 0 Å². The van der Waals surface area contributed by atoms with E-state index in [0.29, 0.717) is 22.9 Å². The number of halogens is 1. The monoisotopic (exact) mass is 346 g/mol. The number of carbonyl (C=O) groups excluding carboxylic acids is 2. The van der Waals surface area contributed by atoms with Crippen molar-refractivity contribution < 1.29 is 14.9 Å². The van der Waals surface area contributed by atoms with Crippen LogP contribution < -0.4 is 16.0 Å². The van der Waals surface area contributed by atoms with Gasteiger partial charge >= 0.3 is 0 Å². The van der Waals surface area contributed by atoms with E-state index in [1.165, 1.54) is 6.92 Å². The van der Waals surface area contributed by atoms with Crippen LogP contribution in [-0.4, -0.2) is 18.4 Å². The SMILES string of the molecule is CC(=O)Nc1ccc(NC(=O)C[NH2+][C@H](C)c2ccc(Cl)cc2)cc1. The Morgan fingerprint density at radius 2 is 1.54 bits per heavy atom. The Balaban J connectivity index is 1.82. The second-order valence-electron chi connectivity index (χ2n) is 5.59. The summed E-state index contributed by atoms with van der Waals surface area (Å²) in [7, 11) is 0. The molecule has 0 spiro atoms. The standard InChI is InChI=1S/C18H20ClN3O2/c1-12(14-3-5-15(19)6-4-14)20-11-18(24)22-17-9-7-16(8-10-17)21-13(2)23/h3-10,12,20H,11H2,1-2H3,(H,21,23)(H,22,24)/p+1/t12-/m1/s1. The van der Waals surface area contributed by atoms with Crippen LogP contribution in [0.25, 0.3) is 0 Å². The lowest BCUT2D eigenvalue weighted by Crippen LogP contribution is -2.86. The van der Waals surface area contributed by atoms with Gasteiger partial charge in [-0.3, -0.25) is 9.59 Å². The minimum absolute atomic E-state index is 0.0805. The predicted octanol–water partition coefficient (Wildman–Crippen LogP) is 2.56. The third-order valence-electron chi connectivity index (χ3n) is 3.54. The van der Waals surface area contributed by atoms with Crippen LogP contribution in [-0.2, 0) is 9.59 Å². The molecule has 0 aliphatic carbocycles. The number of carbonyl (C=O) groups is 2. The molecule has 4 N–H and O–H groups in total. The lowest BCUT2D eigenvalue weighted by Gasteiger charge is -2.11. The van der Waals surface area contributed by atoms with Crippen LogP contribution in [0.4, 0.5) is 11.4 Å². The number of hydrogen-bond donors (Lipinski definition) is 3. The molecule has 0 heterocycles. The topological polar surface area (TPSA) is 74.8 Å². The van der Waals surface area contributed by atoms with Crippen LogP contribution >= 0.6 is 11.6 Å². The smallest absolute Gasteiger partial charge is 0.279 e. The van der Waals surface area contributed by atoms with Crippen LogP contribution in [0.5, 0.6) is 0 Å². The minimum atomic E-state index is -0.127. The van der Waals surface area contributed by atoms with Crippen molar-refractivity contribution in [1.82, 2.24) is 0 Å². The second kappa shape index (κ2) is 8.47. The Morgan fingerprint density at radius 3 is 2.08 bits per heavy atom. The van der Waals surface area contributed by atoms with E-state index in [1.54, 1.807) is 24.3 Å². The summed E-state index contributed by atoms with van der Waals surface area (Å²) in [6, 6.07) is 14.8. The molecule has 0 saturated heterocycles. The molecule has 0 aromatic heterocycles. The van der Waals surface area contributed by atoms with Crippen LogP contribution in [0.15, 0.2) is 48.5 Å². The number of quaternary nitrogens is 1. The number of rotatable bonds is 6. The Labute approximate surface area is 146 Å². The largest absolute Gasteiger partial charge is 0.333 e. The van der Waals surface area contributed by atoms with Crippen LogP contribution in [0.2, 0.25) is 5.02 Å². The summed E-state index contributed by atoms with van der Waals surface area (Å²) < 4.78 is 0. The van der Waals surface area contributed by atoms with E-state index in [1.807, 2.05) is 36.5 Å². The predicted molar refractivity (Wildman–Crippen MR) is 96.0 cm³/mol. The Morgan fingerprint density at radius 1 is 1.00 bits per heavy atom. The Hall–Kier alpha value is -2.37. The summed E-state index contributed by atoms with van der Waals surface area (Å²) in [6.07, 6.45) is 0. The zero-order valence-corrected chi connectivity index (χ0v) is 14.4. The Kier molecular flexibility index (Phi) is 6.35. The number of anilines is 2. The summed E-state index contributed by atoms with van der Waals surface area (Å²) >= 11 is 5.88. The van der Waals surface area contributed by atoms with Gasteiger partial charge in [-0.2, -0.15) is 0 Å². The molecule has 0 saturated carbocycles. The molecule has 5 nitrogen and oxygen atoms in total. The van der Waals surface area contributed by atoms with E-state index < -0.39 is 0 Å². The molecular weight excluding hydrogens is 326 g/mol. The van der Waals surface area contributed by atoms with Crippen LogP contribution in [0.1, 0.15) is 25.5 Å². The van der Waals surface area contributed by atoms with Gasteiger partial charge in [-0.15, -0.1) is 0 Å². The third-order valence-corrected chi connectivity index (χ3v) is 3.79. The van der Waals surface area contributed by atoms with Crippen molar-refractivity contribution in [2.24, 2.45) is 0 Å². The summed E-state index contributed by atoms with van der Waals surface area (Å²) in [5.74, 6) is -0.208. The first-order chi connectivity index (χ1) is 11.4. The van der Waals surface area contributed by atoms with E-state index in [0.717, 1.165) is 5.56 Å². The average Bonchev–Trinajstić information content (AvgIpc) is 2.54. The van der Waals surface area contributed by atoms with Gasteiger partial charge in [-0.1, -0.05) is 23.7 Å². The van der Waals surface area contributed by atoms with Crippen LogP contribution in [0.3, 0.4) is 0 Å². The molecule has 0 bridgehead atoms. The molecule has 1 atom stereocenters. The zero-order chi connectivity index (χ0) is 17.5. The molecule has 126 valence electrons. The highest BCUT2D eigenvalue weighted by Gasteiger charge is 2.11. The molecule has 0 radical (unpaired) electrons. The summed E-state index contributed by atoms with van der Waals surface area (Å²) in [6.45, 7) is 3.81. The van der Waals surface area contributed by atoms with Crippen LogP contribution in [0, 0.1) is 0 Å². The maximum Gasteiger partial charge on any atom is 0.279 e. The summed E-state index contributed by atoms with van der Waals surface area (Å²) in [4.78, 5) is 23.0. The number of nitrogens with two attached hydrogens (primary N) is 1. The first kappa shape index (κ1) is 18.0. The van der Waals surface area contributed by atoms with Gasteiger partial charge in [-0.05, 0) is 43.3 Å². The van der Waals surface area contributed by atoms with Crippen molar-refractivity contribution in [3.8, 4) is 0 Å². The van der Waals surface area contributed by atoms with Gasteiger partial charge in [0.25, 0.3) is 5.91 Å². The fourth-order valence-corrected chi connectivity index (χ4v) is 2.36. The Bertz CT molecular complexity index is 699. The van der Waals surface area contributed by atoms with Crippen molar-refractivity contribution in [2.75, 3.05) is 17.2 Å². The number of nitrogens with one attached hydrogen (secondary N) is 2. The highest BCUT2D eigenvalue weighted by Crippen LogP contribution is 2.14. The van der Waals surface area contributed by atoms with Crippen molar-refractivity contribution in [3.05, 3.63) is 59.1 Å². The van der Waals surface area contributed by atoms with E-state index in [4.69, 9.17) is 11.6 Å². The first-order valence-electron chi connectivity index (χ1n) is 7.70. The lowest BCUT2D eigenvalue weighted by molar-refractivity contribution is -0.682. The molecule has 2 amide bonds. The molecule has 6 heteroatoms. The third kappa shape index (κ3) is 5.68. The zero-order valence-electron chi connectivity index (χ0n) is 13.7. The summed E-state index contributed by atoms with van der Waals surface area (Å²) in [5, 5.41) is 8.18. The minimum Gasteiger partial charge on any atom is -0.333 e. The molecule has 0 aliphatic rings. The lowest BCUT2D eigenvalue weighted by atomic mass is 10.1. The summed E-state index contributed by atoms with van der Waals surface area (Å²) in [5.41, 5.74) is 2.51. The van der Waals surface area contributed by atoms with Crippen molar-refractivity contribution in [3.63, 3.8) is 0 Å². The number of benzene rings is 2. The number of amides is 2. The highest BCUT2D eigenvalue weighted by atomic mass is 35.5. The van der Waals surface area contributed by atoms with Gasteiger partial charge < -0.3 is 16.0 Å². The van der Waals surface area contributed by atoms with Gasteiger partial charge in [0.1, 0.15) is 6.04 Å². The molecule has 0 unspecified atom stereocenters. The van der Waals surface area contributed by atoms with E-state index in [-0.39, 0.29) is 17.9 Å². The number of hydrogen-bond acceptors (Lipinski definition) is 2. The normalized spacial score (nSPS) is 11.6. The maximum atomic E-state index is 12.0. The second-order valence-corrected chi connectivity index (χ2v) is 6.02. The molecule has 2 aromatic carbocycles. The molecule has 0 fully saturated rings. The van der Waals surface area contributed by atoms with Gasteiger partial charge in [-0.25, -0.2) is 0 Å². The molecule has 2 aromatic rings. The molecular formula is C18H21ClN3O2+.